The number of hydrogen-bond acceptors (Lipinski definition) is 5. The maximum atomic E-state index is 12.8. The van der Waals surface area contributed by atoms with Crippen LogP contribution in [0.15, 0.2) is 24.3 Å². The van der Waals surface area contributed by atoms with Gasteiger partial charge in [0, 0.05) is 18.7 Å². The zero-order chi connectivity index (χ0) is 19.6. The van der Waals surface area contributed by atoms with Crippen molar-refractivity contribution in [3.05, 3.63) is 30.1 Å². The number of rotatable bonds is 7. The first-order chi connectivity index (χ1) is 12.9. The van der Waals surface area contributed by atoms with Crippen molar-refractivity contribution in [3.63, 3.8) is 0 Å². The number of benzene rings is 1. The van der Waals surface area contributed by atoms with E-state index in [-0.39, 0.29) is 19.0 Å². The molecule has 1 aromatic carbocycles. The minimum atomic E-state index is -0.670. The van der Waals surface area contributed by atoms with Gasteiger partial charge in [-0.05, 0) is 37.1 Å². The van der Waals surface area contributed by atoms with E-state index in [1.807, 2.05) is 0 Å². The molecule has 0 atom stereocenters. The number of likely N-dealkylation sites (tertiary alicyclic amines) is 1. The molecule has 0 unspecified atom stereocenters. The van der Waals surface area contributed by atoms with Crippen molar-refractivity contribution >= 4 is 29.4 Å². The maximum absolute atomic E-state index is 12.8. The second-order valence-corrected chi connectivity index (χ2v) is 6.12. The smallest absolute Gasteiger partial charge is 0.326 e. The Morgan fingerprint density at radius 1 is 1.07 bits per heavy atom. The summed E-state index contributed by atoms with van der Waals surface area (Å²) >= 11 is 0. The molecule has 1 saturated heterocycles. The van der Waals surface area contributed by atoms with Gasteiger partial charge in [-0.1, -0.05) is 6.42 Å². The lowest BCUT2D eigenvalue weighted by atomic mass is 10.2. The Kier molecular flexibility index (Phi) is 7.72. The molecular weight excluding hydrogens is 357 g/mol. The number of anilines is 1. The molecule has 0 aromatic heterocycles. The number of esters is 1. The molecule has 1 aliphatic heterocycles. The largest absolute Gasteiger partial charge is 0.454 e. The SMILES string of the molecule is O=C(COC(=O)CN1CCCCCC1=O)NCC(=O)Nc1ccc(F)cc1. The fraction of sp³-hybridized carbons (Fsp3) is 0.444. The van der Waals surface area contributed by atoms with E-state index in [1.165, 1.54) is 29.2 Å². The number of carbonyl (C=O) groups is 4. The molecule has 9 heteroatoms. The number of nitrogens with zero attached hydrogens (tertiary/aromatic N) is 1. The van der Waals surface area contributed by atoms with Crippen LogP contribution in [0.5, 0.6) is 0 Å². The maximum Gasteiger partial charge on any atom is 0.326 e. The van der Waals surface area contributed by atoms with Crippen molar-refractivity contribution in [2.75, 3.05) is 31.6 Å². The molecule has 1 fully saturated rings. The molecule has 146 valence electrons. The molecule has 0 aliphatic carbocycles. The molecule has 2 N–H and O–H groups in total. The van der Waals surface area contributed by atoms with Crippen LogP contribution in [0.2, 0.25) is 0 Å². The summed E-state index contributed by atoms with van der Waals surface area (Å²) in [7, 11) is 0. The van der Waals surface area contributed by atoms with Gasteiger partial charge in [0.05, 0.1) is 6.54 Å². The summed E-state index contributed by atoms with van der Waals surface area (Å²) in [6.07, 6.45) is 3.01. The van der Waals surface area contributed by atoms with E-state index in [0.29, 0.717) is 18.7 Å². The Morgan fingerprint density at radius 3 is 2.56 bits per heavy atom. The first-order valence-corrected chi connectivity index (χ1v) is 8.69. The monoisotopic (exact) mass is 379 g/mol. The van der Waals surface area contributed by atoms with Crippen molar-refractivity contribution in [1.29, 1.82) is 0 Å². The topological polar surface area (TPSA) is 105 Å². The van der Waals surface area contributed by atoms with Crippen molar-refractivity contribution in [3.8, 4) is 0 Å². The van der Waals surface area contributed by atoms with Crippen LogP contribution in [0.1, 0.15) is 25.7 Å². The first kappa shape index (κ1) is 20.3. The van der Waals surface area contributed by atoms with Gasteiger partial charge in [0.15, 0.2) is 6.61 Å². The summed E-state index contributed by atoms with van der Waals surface area (Å²) in [5.41, 5.74) is 0.393. The highest BCUT2D eigenvalue weighted by molar-refractivity contribution is 5.94. The molecule has 0 spiro atoms. The number of amides is 3. The van der Waals surface area contributed by atoms with Crippen molar-refractivity contribution in [2.24, 2.45) is 0 Å². The lowest BCUT2D eigenvalue weighted by Crippen LogP contribution is -2.38. The van der Waals surface area contributed by atoms with Gasteiger partial charge in [0.1, 0.15) is 12.4 Å². The van der Waals surface area contributed by atoms with Crippen LogP contribution in [0.4, 0.5) is 10.1 Å². The normalized spacial score (nSPS) is 14.3. The molecule has 3 amide bonds. The van der Waals surface area contributed by atoms with Crippen LogP contribution in [0.3, 0.4) is 0 Å². The van der Waals surface area contributed by atoms with Gasteiger partial charge in [-0.2, -0.15) is 0 Å². The zero-order valence-electron chi connectivity index (χ0n) is 14.8. The summed E-state index contributed by atoms with van der Waals surface area (Å²) in [5.74, 6) is -2.33. The second-order valence-electron chi connectivity index (χ2n) is 6.12. The Hall–Kier alpha value is -2.97. The number of carbonyl (C=O) groups excluding carboxylic acids is 4. The molecular formula is C18H22FN3O5. The van der Waals surface area contributed by atoms with E-state index in [4.69, 9.17) is 4.74 Å². The minimum absolute atomic E-state index is 0.0913. The predicted octanol–water partition coefficient (Wildman–Crippen LogP) is 0.826. The van der Waals surface area contributed by atoms with Crippen LogP contribution >= 0.6 is 0 Å². The van der Waals surface area contributed by atoms with Crippen LogP contribution in [0.25, 0.3) is 0 Å². The summed E-state index contributed by atoms with van der Waals surface area (Å²) in [4.78, 5) is 48.4. The van der Waals surface area contributed by atoms with E-state index in [9.17, 15) is 23.6 Å². The molecule has 8 nitrogen and oxygen atoms in total. The van der Waals surface area contributed by atoms with Crippen LogP contribution < -0.4 is 10.6 Å². The Bertz CT molecular complexity index is 693. The highest BCUT2D eigenvalue weighted by Crippen LogP contribution is 2.11. The van der Waals surface area contributed by atoms with Crippen molar-refractivity contribution < 1.29 is 28.3 Å². The van der Waals surface area contributed by atoms with Gasteiger partial charge in [-0.25, -0.2) is 4.39 Å². The molecule has 1 aliphatic rings. The second kappa shape index (κ2) is 10.2. The summed E-state index contributed by atoms with van der Waals surface area (Å²) in [5, 5.41) is 4.79. The first-order valence-electron chi connectivity index (χ1n) is 8.69. The van der Waals surface area contributed by atoms with Gasteiger partial charge in [-0.15, -0.1) is 0 Å². The standard InChI is InChI=1S/C18H22FN3O5/c19-13-5-7-14(8-6-13)21-15(23)10-20-16(24)12-27-18(26)11-22-9-3-1-2-4-17(22)25/h5-8H,1-4,9-12H2,(H,20,24)(H,21,23). The third-order valence-corrected chi connectivity index (χ3v) is 3.93. The molecule has 1 heterocycles. The van der Waals surface area contributed by atoms with Gasteiger partial charge >= 0.3 is 5.97 Å². The molecule has 2 rings (SSSR count). The number of hydrogen-bond donors (Lipinski definition) is 2. The highest BCUT2D eigenvalue weighted by atomic mass is 19.1. The summed E-state index contributed by atoms with van der Waals surface area (Å²) < 4.78 is 17.6. The van der Waals surface area contributed by atoms with E-state index in [1.54, 1.807) is 0 Å². The third-order valence-electron chi connectivity index (χ3n) is 3.93. The molecule has 1 aromatic rings. The van der Waals surface area contributed by atoms with Gasteiger partial charge in [0.25, 0.3) is 5.91 Å². The van der Waals surface area contributed by atoms with E-state index >= 15 is 0 Å². The summed E-state index contributed by atoms with van der Waals surface area (Å²) in [6, 6.07) is 5.17. The quantitative estimate of drug-likeness (QED) is 0.683. The third kappa shape index (κ3) is 7.43. The summed E-state index contributed by atoms with van der Waals surface area (Å²) in [6.45, 7) is -0.538. The molecule has 0 bridgehead atoms. The van der Waals surface area contributed by atoms with Gasteiger partial charge in [0.2, 0.25) is 11.8 Å². The van der Waals surface area contributed by atoms with Crippen LogP contribution in [0, 0.1) is 5.82 Å². The lowest BCUT2D eigenvalue weighted by Gasteiger charge is -2.19. The van der Waals surface area contributed by atoms with Crippen molar-refractivity contribution in [2.45, 2.75) is 25.7 Å². The van der Waals surface area contributed by atoms with Gasteiger partial charge in [-0.3, -0.25) is 19.2 Å². The fourth-order valence-electron chi connectivity index (χ4n) is 2.52. The lowest BCUT2D eigenvalue weighted by molar-refractivity contribution is -0.152. The zero-order valence-corrected chi connectivity index (χ0v) is 14.8. The number of halogens is 1. The van der Waals surface area contributed by atoms with Gasteiger partial charge < -0.3 is 20.3 Å². The minimum Gasteiger partial charge on any atom is -0.454 e. The van der Waals surface area contributed by atoms with Crippen molar-refractivity contribution in [1.82, 2.24) is 10.2 Å². The highest BCUT2D eigenvalue weighted by Gasteiger charge is 2.20. The Labute approximate surface area is 156 Å². The van der Waals surface area contributed by atoms with E-state index in [2.05, 4.69) is 10.6 Å². The van der Waals surface area contributed by atoms with E-state index < -0.39 is 30.2 Å². The number of nitrogens with one attached hydrogen (secondary N) is 2. The van der Waals surface area contributed by atoms with Crippen LogP contribution in [-0.2, 0) is 23.9 Å². The average molecular weight is 379 g/mol. The molecule has 0 radical (unpaired) electrons. The number of ether oxygens (including phenoxy) is 1. The predicted molar refractivity (Wildman–Crippen MR) is 94.0 cm³/mol. The van der Waals surface area contributed by atoms with E-state index in [0.717, 1.165) is 19.3 Å². The molecule has 0 saturated carbocycles. The molecule has 27 heavy (non-hydrogen) atoms. The Balaban J connectivity index is 1.64. The fourth-order valence-corrected chi connectivity index (χ4v) is 2.52. The average Bonchev–Trinajstić information content (AvgIpc) is 2.84. The Morgan fingerprint density at radius 2 is 1.81 bits per heavy atom. The van der Waals surface area contributed by atoms with Crippen LogP contribution in [-0.4, -0.2) is 54.8 Å².